The molecule has 7 nitrogen and oxygen atoms in total. The minimum atomic E-state index is -1.65. The summed E-state index contributed by atoms with van der Waals surface area (Å²) in [4.78, 5) is 20.5. The monoisotopic (exact) mass is 193 g/mol. The first-order chi connectivity index (χ1) is 6.08. The predicted octanol–water partition coefficient (Wildman–Crippen LogP) is -0.576. The van der Waals surface area contributed by atoms with Gasteiger partial charge in [-0.15, -0.1) is 0 Å². The molecule has 0 aromatic heterocycles. The van der Waals surface area contributed by atoms with Crippen molar-refractivity contribution in [2.75, 3.05) is 21.3 Å². The molecule has 0 saturated heterocycles. The highest BCUT2D eigenvalue weighted by Crippen LogP contribution is 2.05. The van der Waals surface area contributed by atoms with Crippen molar-refractivity contribution in [3.8, 4) is 0 Å². The third kappa shape index (κ3) is 2.96. The van der Waals surface area contributed by atoms with E-state index in [0.29, 0.717) is 0 Å². The van der Waals surface area contributed by atoms with Crippen LogP contribution in [-0.2, 0) is 19.0 Å². The number of nitrogens with zero attached hydrogens (tertiary/aromatic N) is 1. The molecule has 0 fully saturated rings. The number of carbonyl (C=O) groups excluding carboxylic acids is 1. The number of carbonyl (C=O) groups is 1. The number of methoxy groups -OCH3 is 3. The fourth-order valence-electron chi connectivity index (χ4n) is 0.771. The molecule has 13 heavy (non-hydrogen) atoms. The lowest BCUT2D eigenvalue weighted by Gasteiger charge is -2.15. The Bertz CT molecular complexity index is 190. The maximum absolute atomic E-state index is 10.9. The van der Waals surface area contributed by atoms with E-state index in [9.17, 15) is 14.9 Å². The van der Waals surface area contributed by atoms with Crippen LogP contribution in [-0.4, -0.2) is 44.6 Å². The number of rotatable bonds is 5. The van der Waals surface area contributed by atoms with Crippen LogP contribution in [0.15, 0.2) is 0 Å². The van der Waals surface area contributed by atoms with E-state index in [1.807, 2.05) is 0 Å². The number of hydrogen-bond donors (Lipinski definition) is 0. The van der Waals surface area contributed by atoms with Crippen LogP contribution in [0.2, 0.25) is 0 Å². The Morgan fingerprint density at radius 3 is 2.00 bits per heavy atom. The van der Waals surface area contributed by atoms with Crippen LogP contribution < -0.4 is 0 Å². The van der Waals surface area contributed by atoms with Gasteiger partial charge in [0.2, 0.25) is 6.29 Å². The largest absolute Gasteiger partial charge is 0.464 e. The van der Waals surface area contributed by atoms with E-state index in [4.69, 9.17) is 0 Å². The van der Waals surface area contributed by atoms with Crippen molar-refractivity contribution in [2.45, 2.75) is 12.3 Å². The topological polar surface area (TPSA) is 87.9 Å². The molecule has 1 atom stereocenters. The Morgan fingerprint density at radius 2 is 1.77 bits per heavy atom. The maximum atomic E-state index is 10.9. The summed E-state index contributed by atoms with van der Waals surface area (Å²) in [5.41, 5.74) is 0. The molecule has 0 aliphatic heterocycles. The first kappa shape index (κ1) is 11.8. The molecule has 7 heteroatoms. The minimum Gasteiger partial charge on any atom is -0.464 e. The number of esters is 1. The van der Waals surface area contributed by atoms with Gasteiger partial charge in [-0.2, -0.15) is 0 Å². The zero-order chi connectivity index (χ0) is 10.4. The molecule has 0 radical (unpaired) electrons. The van der Waals surface area contributed by atoms with Crippen LogP contribution in [0.3, 0.4) is 0 Å². The van der Waals surface area contributed by atoms with Crippen molar-refractivity contribution in [1.29, 1.82) is 0 Å². The van der Waals surface area contributed by atoms with Crippen molar-refractivity contribution in [1.82, 2.24) is 0 Å². The van der Waals surface area contributed by atoms with Crippen molar-refractivity contribution in [2.24, 2.45) is 0 Å². The van der Waals surface area contributed by atoms with Gasteiger partial charge in [-0.3, -0.25) is 10.1 Å². The summed E-state index contributed by atoms with van der Waals surface area (Å²) < 4.78 is 13.4. The van der Waals surface area contributed by atoms with Gasteiger partial charge in [-0.1, -0.05) is 0 Å². The van der Waals surface area contributed by atoms with Gasteiger partial charge in [0.25, 0.3) is 0 Å². The SMILES string of the molecule is COC(=O)C(C(OC)OC)[N+](=O)[O-]. The second kappa shape index (κ2) is 5.44. The van der Waals surface area contributed by atoms with Crippen LogP contribution in [0.1, 0.15) is 0 Å². The Balaban J connectivity index is 4.57. The second-order valence-electron chi connectivity index (χ2n) is 2.09. The van der Waals surface area contributed by atoms with Crippen molar-refractivity contribution in [3.05, 3.63) is 10.1 Å². The Morgan fingerprint density at radius 1 is 1.31 bits per heavy atom. The number of hydrogen-bond acceptors (Lipinski definition) is 6. The summed E-state index contributed by atoms with van der Waals surface area (Å²) >= 11 is 0. The number of ether oxygens (including phenoxy) is 3. The molecule has 1 unspecified atom stereocenters. The van der Waals surface area contributed by atoms with Gasteiger partial charge in [0.15, 0.2) is 0 Å². The molecule has 0 N–H and O–H groups in total. The van der Waals surface area contributed by atoms with Gasteiger partial charge in [0.1, 0.15) is 0 Å². The van der Waals surface area contributed by atoms with Crippen LogP contribution in [0.25, 0.3) is 0 Å². The van der Waals surface area contributed by atoms with Gasteiger partial charge >= 0.3 is 12.0 Å². The molecular formula is C6H11NO6. The molecule has 0 amide bonds. The highest BCUT2D eigenvalue weighted by atomic mass is 16.7. The summed E-state index contributed by atoms with van der Waals surface area (Å²) in [5, 5.41) is 10.4. The van der Waals surface area contributed by atoms with Crippen molar-refractivity contribution >= 4 is 5.97 Å². The standard InChI is InChI=1S/C6H11NO6/c1-11-5(8)4(7(9)10)6(12-2)13-3/h4,6H,1-3H3. The zero-order valence-electron chi connectivity index (χ0n) is 7.55. The van der Waals surface area contributed by atoms with Crippen LogP contribution in [0.4, 0.5) is 0 Å². The first-order valence-corrected chi connectivity index (χ1v) is 3.35. The maximum Gasteiger partial charge on any atom is 0.387 e. The van der Waals surface area contributed by atoms with Gasteiger partial charge in [0.05, 0.1) is 7.11 Å². The van der Waals surface area contributed by atoms with Gasteiger partial charge in [-0.25, -0.2) is 4.79 Å². The fourth-order valence-corrected chi connectivity index (χ4v) is 0.771. The summed E-state index contributed by atoms with van der Waals surface area (Å²) in [6.45, 7) is 0. The molecule has 0 saturated carbocycles. The molecule has 0 aromatic carbocycles. The molecule has 0 rings (SSSR count). The molecule has 0 aromatic rings. The summed E-state index contributed by atoms with van der Waals surface area (Å²) in [5.74, 6) is -1.00. The van der Waals surface area contributed by atoms with E-state index in [0.717, 1.165) is 7.11 Å². The normalized spacial score (nSPS) is 12.6. The molecule has 76 valence electrons. The third-order valence-corrected chi connectivity index (χ3v) is 1.39. The average molecular weight is 193 g/mol. The van der Waals surface area contributed by atoms with Gasteiger partial charge in [-0.05, 0) is 0 Å². The zero-order valence-corrected chi connectivity index (χ0v) is 7.55. The molecule has 0 bridgehead atoms. The van der Waals surface area contributed by atoms with Gasteiger partial charge < -0.3 is 14.2 Å². The first-order valence-electron chi connectivity index (χ1n) is 3.35. The lowest BCUT2D eigenvalue weighted by atomic mass is 10.3. The predicted molar refractivity (Wildman–Crippen MR) is 40.6 cm³/mol. The Labute approximate surface area is 74.7 Å². The molecule has 0 aliphatic carbocycles. The molecular weight excluding hydrogens is 182 g/mol. The van der Waals surface area contributed by atoms with Crippen molar-refractivity contribution < 1.29 is 23.9 Å². The average Bonchev–Trinajstić information content (AvgIpc) is 2.12. The minimum absolute atomic E-state index is 0.816. The van der Waals surface area contributed by atoms with E-state index in [2.05, 4.69) is 14.2 Å². The lowest BCUT2D eigenvalue weighted by Crippen LogP contribution is -2.43. The van der Waals surface area contributed by atoms with E-state index < -0.39 is 23.2 Å². The third-order valence-electron chi connectivity index (χ3n) is 1.39. The Kier molecular flexibility index (Phi) is 4.93. The van der Waals surface area contributed by atoms with Crippen LogP contribution in [0.5, 0.6) is 0 Å². The quantitative estimate of drug-likeness (QED) is 0.251. The van der Waals surface area contributed by atoms with E-state index in [-0.39, 0.29) is 0 Å². The Hall–Kier alpha value is -1.21. The summed E-state index contributed by atoms with van der Waals surface area (Å²) in [6.07, 6.45) is -1.23. The van der Waals surface area contributed by atoms with E-state index in [1.165, 1.54) is 14.2 Å². The highest BCUT2D eigenvalue weighted by molar-refractivity contribution is 5.74. The molecule has 0 heterocycles. The van der Waals surface area contributed by atoms with Crippen LogP contribution >= 0.6 is 0 Å². The number of nitro groups is 1. The van der Waals surface area contributed by atoms with E-state index >= 15 is 0 Å². The van der Waals surface area contributed by atoms with Crippen molar-refractivity contribution in [3.63, 3.8) is 0 Å². The second-order valence-corrected chi connectivity index (χ2v) is 2.09. The van der Waals surface area contributed by atoms with Crippen LogP contribution in [0, 0.1) is 10.1 Å². The highest BCUT2D eigenvalue weighted by Gasteiger charge is 2.40. The molecule has 0 spiro atoms. The lowest BCUT2D eigenvalue weighted by molar-refractivity contribution is -0.534. The van der Waals surface area contributed by atoms with E-state index in [1.54, 1.807) is 0 Å². The fraction of sp³-hybridized carbons (Fsp3) is 0.833. The summed E-state index contributed by atoms with van der Waals surface area (Å²) in [6, 6.07) is -1.65. The molecule has 0 aliphatic rings. The summed E-state index contributed by atoms with van der Waals surface area (Å²) in [7, 11) is 3.46. The smallest absolute Gasteiger partial charge is 0.387 e. The van der Waals surface area contributed by atoms with Gasteiger partial charge in [0, 0.05) is 19.1 Å².